The average molecular weight is 373 g/mol. The highest BCUT2D eigenvalue weighted by atomic mass is 35.5. The first kappa shape index (κ1) is 17.3. The van der Waals surface area contributed by atoms with Crippen molar-refractivity contribution in [3.8, 4) is 0 Å². The third-order valence-electron chi connectivity index (χ3n) is 4.89. The van der Waals surface area contributed by atoms with Crippen molar-refractivity contribution in [2.75, 3.05) is 6.54 Å². The van der Waals surface area contributed by atoms with E-state index < -0.39 is 11.6 Å². The molecule has 5 heteroatoms. The SMILES string of the molecule is Fc1ccc(C2c3cccn3CCCN2Cc2cccc(Cl)c2)c(F)c1. The Bertz CT molecular complexity index is 922. The number of benzene rings is 2. The number of rotatable bonds is 3. The molecule has 2 nitrogen and oxygen atoms in total. The van der Waals surface area contributed by atoms with Crippen LogP contribution in [0.5, 0.6) is 0 Å². The molecule has 4 rings (SSSR count). The van der Waals surface area contributed by atoms with Gasteiger partial charge in [0.25, 0.3) is 0 Å². The number of fused-ring (bicyclic) bond motifs is 1. The van der Waals surface area contributed by atoms with Gasteiger partial charge in [-0.25, -0.2) is 8.78 Å². The number of nitrogens with zero attached hydrogens (tertiary/aromatic N) is 2. The maximum Gasteiger partial charge on any atom is 0.131 e. The Morgan fingerprint density at radius 1 is 1.00 bits per heavy atom. The molecule has 2 aromatic carbocycles. The molecule has 0 amide bonds. The van der Waals surface area contributed by atoms with E-state index in [-0.39, 0.29) is 6.04 Å². The van der Waals surface area contributed by atoms with Crippen molar-refractivity contribution in [2.45, 2.75) is 25.6 Å². The summed E-state index contributed by atoms with van der Waals surface area (Å²) in [6, 6.07) is 15.3. The lowest BCUT2D eigenvalue weighted by Gasteiger charge is -2.31. The lowest BCUT2D eigenvalue weighted by atomic mass is 10.00. The van der Waals surface area contributed by atoms with E-state index in [4.69, 9.17) is 11.6 Å². The minimum Gasteiger partial charge on any atom is -0.350 e. The lowest BCUT2D eigenvalue weighted by molar-refractivity contribution is 0.216. The van der Waals surface area contributed by atoms with E-state index in [1.165, 1.54) is 6.07 Å². The molecule has 1 aliphatic rings. The minimum atomic E-state index is -0.559. The minimum absolute atomic E-state index is 0.271. The summed E-state index contributed by atoms with van der Waals surface area (Å²) < 4.78 is 30.3. The first-order chi connectivity index (χ1) is 12.6. The normalized spacial score (nSPS) is 17.7. The number of halogens is 3. The second kappa shape index (κ2) is 7.22. The van der Waals surface area contributed by atoms with Gasteiger partial charge in [-0.2, -0.15) is 0 Å². The van der Waals surface area contributed by atoms with E-state index >= 15 is 0 Å². The molecule has 0 saturated carbocycles. The predicted octanol–water partition coefficient (Wildman–Crippen LogP) is 5.42. The molecule has 0 radical (unpaired) electrons. The van der Waals surface area contributed by atoms with Crippen LogP contribution in [-0.2, 0) is 13.1 Å². The van der Waals surface area contributed by atoms with Crippen molar-refractivity contribution >= 4 is 11.6 Å². The first-order valence-corrected chi connectivity index (χ1v) is 9.08. The van der Waals surface area contributed by atoms with Gasteiger partial charge in [0.2, 0.25) is 0 Å². The van der Waals surface area contributed by atoms with E-state index in [0.29, 0.717) is 17.1 Å². The smallest absolute Gasteiger partial charge is 0.131 e. The molecule has 1 unspecified atom stereocenters. The summed E-state index contributed by atoms with van der Waals surface area (Å²) in [7, 11) is 0. The fourth-order valence-electron chi connectivity index (χ4n) is 3.76. The zero-order valence-corrected chi connectivity index (χ0v) is 15.0. The third kappa shape index (κ3) is 3.39. The van der Waals surface area contributed by atoms with E-state index in [2.05, 4.69) is 9.47 Å². The van der Waals surface area contributed by atoms with Crippen LogP contribution in [0.2, 0.25) is 5.02 Å². The van der Waals surface area contributed by atoms with Crippen LogP contribution in [0, 0.1) is 11.6 Å². The Balaban J connectivity index is 1.78. The standard InChI is InChI=1S/C21H19ClF2N2/c22-16-5-1-4-15(12-16)14-26-11-3-10-25-9-2-6-20(25)21(26)18-8-7-17(23)13-19(18)24/h1-2,4-9,12-13,21H,3,10-11,14H2. The van der Waals surface area contributed by atoms with Gasteiger partial charge in [0, 0.05) is 48.2 Å². The van der Waals surface area contributed by atoms with Crippen molar-refractivity contribution in [3.63, 3.8) is 0 Å². The van der Waals surface area contributed by atoms with Crippen LogP contribution in [0.25, 0.3) is 0 Å². The van der Waals surface area contributed by atoms with Crippen LogP contribution < -0.4 is 0 Å². The van der Waals surface area contributed by atoms with Gasteiger partial charge in [0.05, 0.1) is 6.04 Å². The highest BCUT2D eigenvalue weighted by Crippen LogP contribution is 2.34. The fraction of sp³-hybridized carbons (Fsp3) is 0.238. The maximum absolute atomic E-state index is 14.6. The molecule has 0 saturated heterocycles. The van der Waals surface area contributed by atoms with Gasteiger partial charge in [-0.1, -0.05) is 29.8 Å². The van der Waals surface area contributed by atoms with Crippen molar-refractivity contribution < 1.29 is 8.78 Å². The molecule has 0 aliphatic carbocycles. The monoisotopic (exact) mass is 372 g/mol. The largest absolute Gasteiger partial charge is 0.350 e. The molecule has 2 heterocycles. The summed E-state index contributed by atoms with van der Waals surface area (Å²) in [5.41, 5.74) is 2.59. The quantitative estimate of drug-likeness (QED) is 0.596. The summed E-state index contributed by atoms with van der Waals surface area (Å²) in [5.74, 6) is -1.07. The molecule has 0 N–H and O–H groups in total. The molecule has 3 aromatic rings. The Hall–Kier alpha value is -2.17. The highest BCUT2D eigenvalue weighted by molar-refractivity contribution is 6.30. The summed E-state index contributed by atoms with van der Waals surface area (Å²) in [6.45, 7) is 2.34. The molecule has 1 aliphatic heterocycles. The van der Waals surface area contributed by atoms with Gasteiger partial charge >= 0.3 is 0 Å². The van der Waals surface area contributed by atoms with Crippen molar-refractivity contribution in [3.05, 3.63) is 94.3 Å². The highest BCUT2D eigenvalue weighted by Gasteiger charge is 2.29. The van der Waals surface area contributed by atoms with Crippen LogP contribution in [0.1, 0.15) is 29.3 Å². The van der Waals surface area contributed by atoms with Crippen LogP contribution in [0.3, 0.4) is 0 Å². The molecule has 1 aromatic heterocycles. The molecule has 26 heavy (non-hydrogen) atoms. The Morgan fingerprint density at radius 3 is 2.69 bits per heavy atom. The second-order valence-corrected chi connectivity index (χ2v) is 7.09. The fourth-order valence-corrected chi connectivity index (χ4v) is 3.97. The van der Waals surface area contributed by atoms with Crippen molar-refractivity contribution in [1.29, 1.82) is 0 Å². The molecular weight excluding hydrogens is 354 g/mol. The molecule has 0 spiro atoms. The molecule has 1 atom stereocenters. The average Bonchev–Trinajstić information content (AvgIpc) is 2.98. The number of aromatic nitrogens is 1. The second-order valence-electron chi connectivity index (χ2n) is 6.65. The number of aryl methyl sites for hydroxylation is 1. The van der Waals surface area contributed by atoms with E-state index in [1.807, 2.05) is 42.6 Å². The van der Waals surface area contributed by atoms with Gasteiger partial charge in [-0.05, 0) is 42.3 Å². The van der Waals surface area contributed by atoms with Gasteiger partial charge < -0.3 is 4.57 Å². The zero-order chi connectivity index (χ0) is 18.1. The summed E-state index contributed by atoms with van der Waals surface area (Å²) in [6.07, 6.45) is 2.98. The molecule has 0 bridgehead atoms. The van der Waals surface area contributed by atoms with Crippen molar-refractivity contribution in [1.82, 2.24) is 9.47 Å². The molecule has 0 fully saturated rings. The van der Waals surface area contributed by atoms with Crippen LogP contribution in [-0.4, -0.2) is 16.0 Å². The van der Waals surface area contributed by atoms with Crippen molar-refractivity contribution in [2.24, 2.45) is 0 Å². The Labute approximate surface area is 156 Å². The van der Waals surface area contributed by atoms with Crippen LogP contribution in [0.15, 0.2) is 60.8 Å². The topological polar surface area (TPSA) is 8.17 Å². The number of hydrogen-bond acceptors (Lipinski definition) is 1. The van der Waals surface area contributed by atoms with Gasteiger partial charge in [0.1, 0.15) is 11.6 Å². The Kier molecular flexibility index (Phi) is 4.79. The summed E-state index contributed by atoms with van der Waals surface area (Å²) in [4.78, 5) is 2.24. The maximum atomic E-state index is 14.6. The van der Waals surface area contributed by atoms with E-state index in [0.717, 1.165) is 36.8 Å². The molecule has 134 valence electrons. The van der Waals surface area contributed by atoms with Gasteiger partial charge in [-0.15, -0.1) is 0 Å². The van der Waals surface area contributed by atoms with Crippen LogP contribution >= 0.6 is 11.6 Å². The van der Waals surface area contributed by atoms with Gasteiger partial charge in [-0.3, -0.25) is 4.90 Å². The number of hydrogen-bond donors (Lipinski definition) is 0. The predicted molar refractivity (Wildman–Crippen MR) is 99.1 cm³/mol. The summed E-state index contributed by atoms with van der Waals surface area (Å²) >= 11 is 6.13. The van der Waals surface area contributed by atoms with Crippen LogP contribution in [0.4, 0.5) is 8.78 Å². The zero-order valence-electron chi connectivity index (χ0n) is 14.2. The Morgan fingerprint density at radius 2 is 1.88 bits per heavy atom. The van der Waals surface area contributed by atoms with E-state index in [9.17, 15) is 8.78 Å². The first-order valence-electron chi connectivity index (χ1n) is 8.70. The lowest BCUT2D eigenvalue weighted by Crippen LogP contribution is -2.30. The summed E-state index contributed by atoms with van der Waals surface area (Å²) in [5, 5.41) is 0.685. The van der Waals surface area contributed by atoms with Gasteiger partial charge in [0.15, 0.2) is 0 Å². The van der Waals surface area contributed by atoms with E-state index in [1.54, 1.807) is 6.07 Å². The molecular formula is C21H19ClF2N2. The third-order valence-corrected chi connectivity index (χ3v) is 5.12.